The standard InChI is InChI=1S/C14H20O5/c1-3-18-14(16)9-12(15)7-11-5-4-6-13(8-11)19-10-17-2/h4-6,8,12,15H,3,7,9-10H2,1-2H3. The van der Waals surface area contributed by atoms with E-state index < -0.39 is 6.10 Å². The van der Waals surface area contributed by atoms with Crippen LogP contribution in [0.2, 0.25) is 0 Å². The van der Waals surface area contributed by atoms with E-state index in [4.69, 9.17) is 14.2 Å². The van der Waals surface area contributed by atoms with Gasteiger partial charge in [0, 0.05) is 7.11 Å². The Morgan fingerprint density at radius 2 is 2.21 bits per heavy atom. The van der Waals surface area contributed by atoms with Gasteiger partial charge in [-0.2, -0.15) is 0 Å². The predicted molar refractivity (Wildman–Crippen MR) is 69.9 cm³/mol. The zero-order valence-corrected chi connectivity index (χ0v) is 11.3. The molecule has 0 aliphatic carbocycles. The number of ether oxygens (including phenoxy) is 3. The molecule has 0 spiro atoms. The number of rotatable bonds is 8. The van der Waals surface area contributed by atoms with E-state index in [1.165, 1.54) is 0 Å². The first kappa shape index (κ1) is 15.5. The molecule has 1 rings (SSSR count). The van der Waals surface area contributed by atoms with Crippen LogP contribution < -0.4 is 4.74 Å². The van der Waals surface area contributed by atoms with Crippen LogP contribution in [-0.4, -0.2) is 37.7 Å². The lowest BCUT2D eigenvalue weighted by Crippen LogP contribution is -2.18. The summed E-state index contributed by atoms with van der Waals surface area (Å²) in [4.78, 5) is 11.2. The summed E-state index contributed by atoms with van der Waals surface area (Å²) in [5, 5.41) is 9.80. The monoisotopic (exact) mass is 268 g/mol. The highest BCUT2D eigenvalue weighted by atomic mass is 16.7. The van der Waals surface area contributed by atoms with Crippen molar-refractivity contribution in [1.82, 2.24) is 0 Å². The average Bonchev–Trinajstić information content (AvgIpc) is 2.36. The van der Waals surface area contributed by atoms with Crippen molar-refractivity contribution in [1.29, 1.82) is 0 Å². The second-order valence-electron chi connectivity index (χ2n) is 4.07. The van der Waals surface area contributed by atoms with E-state index in [0.717, 1.165) is 5.56 Å². The summed E-state index contributed by atoms with van der Waals surface area (Å²) in [6, 6.07) is 7.32. The normalized spacial score (nSPS) is 11.9. The maximum absolute atomic E-state index is 11.2. The fourth-order valence-corrected chi connectivity index (χ4v) is 1.65. The topological polar surface area (TPSA) is 65.0 Å². The highest BCUT2D eigenvalue weighted by Gasteiger charge is 2.12. The minimum absolute atomic E-state index is 0.00298. The van der Waals surface area contributed by atoms with Crippen molar-refractivity contribution < 1.29 is 24.1 Å². The second kappa shape index (κ2) is 8.50. The maximum atomic E-state index is 11.2. The lowest BCUT2D eigenvalue weighted by Gasteiger charge is -2.11. The van der Waals surface area contributed by atoms with Gasteiger partial charge in [-0.15, -0.1) is 0 Å². The van der Waals surface area contributed by atoms with Gasteiger partial charge in [-0.05, 0) is 31.0 Å². The van der Waals surface area contributed by atoms with Gasteiger partial charge in [-0.25, -0.2) is 0 Å². The van der Waals surface area contributed by atoms with Crippen molar-refractivity contribution in [2.75, 3.05) is 20.5 Å². The Morgan fingerprint density at radius 1 is 1.42 bits per heavy atom. The molecule has 1 atom stereocenters. The van der Waals surface area contributed by atoms with Crippen LogP contribution in [0.25, 0.3) is 0 Å². The van der Waals surface area contributed by atoms with Gasteiger partial charge in [0.25, 0.3) is 0 Å². The van der Waals surface area contributed by atoms with Crippen LogP contribution in [0.4, 0.5) is 0 Å². The van der Waals surface area contributed by atoms with Gasteiger partial charge in [0.1, 0.15) is 5.75 Å². The molecule has 1 unspecified atom stereocenters. The summed E-state index contributed by atoms with van der Waals surface area (Å²) in [6.07, 6.45) is -0.378. The molecule has 106 valence electrons. The van der Waals surface area contributed by atoms with Crippen molar-refractivity contribution in [2.45, 2.75) is 25.9 Å². The van der Waals surface area contributed by atoms with Gasteiger partial charge in [0.05, 0.1) is 19.1 Å². The van der Waals surface area contributed by atoms with Gasteiger partial charge >= 0.3 is 5.97 Å². The maximum Gasteiger partial charge on any atom is 0.308 e. The smallest absolute Gasteiger partial charge is 0.308 e. The number of hydrogen-bond donors (Lipinski definition) is 1. The summed E-state index contributed by atoms with van der Waals surface area (Å²) < 4.78 is 14.9. The van der Waals surface area contributed by atoms with Crippen LogP contribution in [-0.2, 0) is 20.7 Å². The third-order valence-electron chi connectivity index (χ3n) is 2.42. The molecule has 1 N–H and O–H groups in total. The predicted octanol–water partition coefficient (Wildman–Crippen LogP) is 1.53. The lowest BCUT2D eigenvalue weighted by molar-refractivity contribution is -0.145. The summed E-state index contributed by atoms with van der Waals surface area (Å²) in [5.74, 6) is 0.282. The third kappa shape index (κ3) is 6.22. The van der Waals surface area contributed by atoms with Crippen LogP contribution in [0.15, 0.2) is 24.3 Å². The number of carbonyl (C=O) groups excluding carboxylic acids is 1. The van der Waals surface area contributed by atoms with Gasteiger partial charge in [0.15, 0.2) is 6.79 Å². The first-order valence-corrected chi connectivity index (χ1v) is 6.20. The molecule has 0 aromatic heterocycles. The molecule has 0 bridgehead atoms. The molecule has 0 radical (unpaired) electrons. The summed E-state index contributed by atoms with van der Waals surface area (Å²) >= 11 is 0. The molecule has 19 heavy (non-hydrogen) atoms. The van der Waals surface area contributed by atoms with E-state index in [-0.39, 0.29) is 19.2 Å². The summed E-state index contributed by atoms with van der Waals surface area (Å²) in [6.45, 7) is 2.24. The Balaban J connectivity index is 2.49. The SMILES string of the molecule is CCOC(=O)CC(O)Cc1cccc(OCOC)c1. The highest BCUT2D eigenvalue weighted by Crippen LogP contribution is 2.15. The highest BCUT2D eigenvalue weighted by molar-refractivity contribution is 5.69. The van der Waals surface area contributed by atoms with E-state index in [0.29, 0.717) is 18.8 Å². The fourth-order valence-electron chi connectivity index (χ4n) is 1.65. The first-order chi connectivity index (χ1) is 9.15. The zero-order chi connectivity index (χ0) is 14.1. The van der Waals surface area contributed by atoms with Crippen molar-refractivity contribution in [3.8, 4) is 5.75 Å². The van der Waals surface area contributed by atoms with Crippen molar-refractivity contribution in [3.05, 3.63) is 29.8 Å². The van der Waals surface area contributed by atoms with Gasteiger partial charge in [-0.1, -0.05) is 12.1 Å². The molecule has 0 fully saturated rings. The Kier molecular flexibility index (Phi) is 6.92. The van der Waals surface area contributed by atoms with Gasteiger partial charge in [-0.3, -0.25) is 4.79 Å². The molecule has 5 heteroatoms. The number of benzene rings is 1. The van der Waals surface area contributed by atoms with Crippen LogP contribution in [0.1, 0.15) is 18.9 Å². The Morgan fingerprint density at radius 3 is 2.89 bits per heavy atom. The molecule has 0 amide bonds. The van der Waals surface area contributed by atoms with Crippen molar-refractivity contribution >= 4 is 5.97 Å². The number of aliphatic hydroxyl groups is 1. The fraction of sp³-hybridized carbons (Fsp3) is 0.500. The second-order valence-corrected chi connectivity index (χ2v) is 4.07. The molecule has 1 aromatic rings. The molecule has 0 heterocycles. The number of esters is 1. The van der Waals surface area contributed by atoms with Crippen molar-refractivity contribution in [3.63, 3.8) is 0 Å². The number of carbonyl (C=O) groups is 1. The lowest BCUT2D eigenvalue weighted by atomic mass is 10.1. The zero-order valence-electron chi connectivity index (χ0n) is 11.3. The van der Waals surface area contributed by atoms with Crippen LogP contribution in [0.5, 0.6) is 5.75 Å². The molecule has 0 aliphatic rings. The van der Waals surface area contributed by atoms with Gasteiger partial charge in [0.2, 0.25) is 0 Å². The molecular formula is C14H20O5. The first-order valence-electron chi connectivity index (χ1n) is 6.20. The Hall–Kier alpha value is -1.59. The van der Waals surface area contributed by atoms with Crippen LogP contribution in [0, 0.1) is 0 Å². The van der Waals surface area contributed by atoms with E-state index >= 15 is 0 Å². The quantitative estimate of drug-likeness (QED) is 0.572. The molecule has 0 saturated carbocycles. The minimum atomic E-state index is -0.753. The molecule has 5 nitrogen and oxygen atoms in total. The summed E-state index contributed by atoms with van der Waals surface area (Å²) in [7, 11) is 1.55. The largest absolute Gasteiger partial charge is 0.468 e. The van der Waals surface area contributed by atoms with Crippen molar-refractivity contribution in [2.24, 2.45) is 0 Å². The van der Waals surface area contributed by atoms with E-state index in [1.807, 2.05) is 18.2 Å². The summed E-state index contributed by atoms with van der Waals surface area (Å²) in [5.41, 5.74) is 0.894. The number of hydrogen-bond acceptors (Lipinski definition) is 5. The molecular weight excluding hydrogens is 248 g/mol. The molecule has 0 saturated heterocycles. The molecule has 1 aromatic carbocycles. The van der Waals surface area contributed by atoms with Crippen LogP contribution >= 0.6 is 0 Å². The third-order valence-corrected chi connectivity index (χ3v) is 2.42. The Bertz CT molecular complexity index is 391. The van der Waals surface area contributed by atoms with Crippen LogP contribution in [0.3, 0.4) is 0 Å². The minimum Gasteiger partial charge on any atom is -0.468 e. The van der Waals surface area contributed by atoms with E-state index in [1.54, 1.807) is 20.1 Å². The van der Waals surface area contributed by atoms with E-state index in [9.17, 15) is 9.90 Å². The molecule has 0 aliphatic heterocycles. The Labute approximate surface area is 113 Å². The number of methoxy groups -OCH3 is 1. The van der Waals surface area contributed by atoms with E-state index in [2.05, 4.69) is 0 Å². The number of aliphatic hydroxyl groups excluding tert-OH is 1. The van der Waals surface area contributed by atoms with Gasteiger partial charge < -0.3 is 19.3 Å². The average molecular weight is 268 g/mol.